The molecule has 0 radical (unpaired) electrons. The molecule has 0 aromatic heterocycles. The molecule has 1 aliphatic rings. The lowest BCUT2D eigenvalue weighted by atomic mass is 9.97. The SMILES string of the molecule is CCCNCC1CCCN(CC(C)C(N)=O)C1. The highest BCUT2D eigenvalue weighted by Crippen LogP contribution is 2.16. The van der Waals surface area contributed by atoms with Gasteiger partial charge in [-0.05, 0) is 44.8 Å². The van der Waals surface area contributed by atoms with Crippen molar-refractivity contribution >= 4 is 5.91 Å². The van der Waals surface area contributed by atoms with Crippen LogP contribution in [0.15, 0.2) is 0 Å². The van der Waals surface area contributed by atoms with E-state index in [9.17, 15) is 4.79 Å². The maximum atomic E-state index is 11.0. The zero-order chi connectivity index (χ0) is 12.7. The van der Waals surface area contributed by atoms with E-state index < -0.39 is 0 Å². The van der Waals surface area contributed by atoms with Gasteiger partial charge < -0.3 is 16.0 Å². The molecule has 0 aromatic rings. The molecule has 1 fully saturated rings. The third-order valence-electron chi connectivity index (χ3n) is 3.48. The van der Waals surface area contributed by atoms with Crippen molar-refractivity contribution in [1.82, 2.24) is 10.2 Å². The van der Waals surface area contributed by atoms with Gasteiger partial charge in [0, 0.05) is 19.0 Å². The summed E-state index contributed by atoms with van der Waals surface area (Å²) >= 11 is 0. The normalized spacial score (nSPS) is 23.5. The van der Waals surface area contributed by atoms with Crippen LogP contribution in [0.3, 0.4) is 0 Å². The molecule has 0 saturated carbocycles. The predicted octanol–water partition coefficient (Wildman–Crippen LogP) is 0.819. The number of primary amides is 1. The zero-order valence-electron chi connectivity index (χ0n) is 11.2. The van der Waals surface area contributed by atoms with E-state index in [1.54, 1.807) is 0 Å². The fourth-order valence-corrected chi connectivity index (χ4v) is 2.44. The quantitative estimate of drug-likeness (QED) is 0.649. The summed E-state index contributed by atoms with van der Waals surface area (Å²) in [5, 5.41) is 3.48. The highest BCUT2D eigenvalue weighted by atomic mass is 16.1. The lowest BCUT2D eigenvalue weighted by Gasteiger charge is -2.33. The van der Waals surface area contributed by atoms with Crippen LogP contribution in [0.1, 0.15) is 33.1 Å². The first-order valence-electron chi connectivity index (χ1n) is 6.85. The molecule has 17 heavy (non-hydrogen) atoms. The molecule has 0 bridgehead atoms. The number of nitrogens with zero attached hydrogens (tertiary/aromatic N) is 1. The van der Waals surface area contributed by atoms with Gasteiger partial charge in [-0.25, -0.2) is 0 Å². The van der Waals surface area contributed by atoms with Gasteiger partial charge in [0.25, 0.3) is 0 Å². The molecule has 4 heteroatoms. The molecule has 0 spiro atoms. The van der Waals surface area contributed by atoms with Gasteiger partial charge in [0.05, 0.1) is 0 Å². The Balaban J connectivity index is 2.25. The van der Waals surface area contributed by atoms with E-state index >= 15 is 0 Å². The summed E-state index contributed by atoms with van der Waals surface area (Å²) in [6.07, 6.45) is 3.73. The van der Waals surface area contributed by atoms with Crippen LogP contribution in [0.5, 0.6) is 0 Å². The van der Waals surface area contributed by atoms with Crippen molar-refractivity contribution in [2.45, 2.75) is 33.1 Å². The predicted molar refractivity (Wildman–Crippen MR) is 70.7 cm³/mol. The molecule has 1 amide bonds. The highest BCUT2D eigenvalue weighted by molar-refractivity contribution is 5.76. The molecule has 1 rings (SSSR count). The van der Waals surface area contributed by atoms with Gasteiger partial charge in [-0.2, -0.15) is 0 Å². The fourth-order valence-electron chi connectivity index (χ4n) is 2.44. The van der Waals surface area contributed by atoms with Gasteiger partial charge in [-0.15, -0.1) is 0 Å². The van der Waals surface area contributed by atoms with Crippen molar-refractivity contribution < 1.29 is 4.79 Å². The smallest absolute Gasteiger partial charge is 0.221 e. The van der Waals surface area contributed by atoms with Crippen LogP contribution in [0.2, 0.25) is 0 Å². The third kappa shape index (κ3) is 5.50. The first-order chi connectivity index (χ1) is 8.13. The Labute approximate surface area is 105 Å². The van der Waals surface area contributed by atoms with Crippen molar-refractivity contribution in [3.05, 3.63) is 0 Å². The van der Waals surface area contributed by atoms with Crippen molar-refractivity contribution in [2.24, 2.45) is 17.6 Å². The van der Waals surface area contributed by atoms with Crippen molar-refractivity contribution in [1.29, 1.82) is 0 Å². The van der Waals surface area contributed by atoms with E-state index in [1.165, 1.54) is 19.3 Å². The summed E-state index contributed by atoms with van der Waals surface area (Å²) in [4.78, 5) is 13.4. The largest absolute Gasteiger partial charge is 0.369 e. The summed E-state index contributed by atoms with van der Waals surface area (Å²) in [6.45, 7) is 9.36. The van der Waals surface area contributed by atoms with Crippen LogP contribution in [-0.2, 0) is 4.79 Å². The van der Waals surface area contributed by atoms with Gasteiger partial charge in [0.2, 0.25) is 5.91 Å². The number of nitrogens with two attached hydrogens (primary N) is 1. The monoisotopic (exact) mass is 241 g/mol. The number of amides is 1. The number of rotatable bonds is 7. The zero-order valence-corrected chi connectivity index (χ0v) is 11.2. The second-order valence-corrected chi connectivity index (χ2v) is 5.28. The van der Waals surface area contributed by atoms with Crippen LogP contribution in [0.25, 0.3) is 0 Å². The summed E-state index contributed by atoms with van der Waals surface area (Å²) in [5.41, 5.74) is 5.31. The number of carbonyl (C=O) groups excluding carboxylic acids is 1. The molecule has 2 unspecified atom stereocenters. The van der Waals surface area contributed by atoms with E-state index in [1.807, 2.05) is 6.92 Å². The first-order valence-corrected chi connectivity index (χ1v) is 6.85. The van der Waals surface area contributed by atoms with E-state index in [0.717, 1.165) is 38.6 Å². The lowest BCUT2D eigenvalue weighted by molar-refractivity contribution is -0.122. The van der Waals surface area contributed by atoms with E-state index in [4.69, 9.17) is 5.73 Å². The maximum Gasteiger partial charge on any atom is 0.221 e. The Morgan fingerprint density at radius 3 is 3.00 bits per heavy atom. The summed E-state index contributed by atoms with van der Waals surface area (Å²) in [7, 11) is 0. The molecular formula is C13H27N3O. The molecule has 3 N–H and O–H groups in total. The Morgan fingerprint density at radius 1 is 1.59 bits per heavy atom. The third-order valence-corrected chi connectivity index (χ3v) is 3.48. The maximum absolute atomic E-state index is 11.0. The molecular weight excluding hydrogens is 214 g/mol. The van der Waals surface area contributed by atoms with Crippen LogP contribution < -0.4 is 11.1 Å². The first kappa shape index (κ1) is 14.5. The molecule has 1 aliphatic heterocycles. The van der Waals surface area contributed by atoms with Gasteiger partial charge in [-0.3, -0.25) is 4.79 Å². The molecule has 0 aliphatic carbocycles. The van der Waals surface area contributed by atoms with Crippen LogP contribution >= 0.6 is 0 Å². The minimum absolute atomic E-state index is 0.0302. The number of piperidine rings is 1. The second-order valence-electron chi connectivity index (χ2n) is 5.28. The molecule has 0 aromatic carbocycles. The summed E-state index contributed by atoms with van der Waals surface area (Å²) in [6, 6.07) is 0. The molecule has 1 saturated heterocycles. The van der Waals surface area contributed by atoms with Crippen molar-refractivity contribution in [3.8, 4) is 0 Å². The number of carbonyl (C=O) groups is 1. The van der Waals surface area contributed by atoms with Gasteiger partial charge in [0.1, 0.15) is 0 Å². The Bertz CT molecular complexity index is 233. The molecule has 100 valence electrons. The van der Waals surface area contributed by atoms with Crippen LogP contribution in [0, 0.1) is 11.8 Å². The topological polar surface area (TPSA) is 58.4 Å². The van der Waals surface area contributed by atoms with Gasteiger partial charge in [-0.1, -0.05) is 13.8 Å². The Morgan fingerprint density at radius 2 is 2.35 bits per heavy atom. The van der Waals surface area contributed by atoms with Gasteiger partial charge in [0.15, 0.2) is 0 Å². The summed E-state index contributed by atoms with van der Waals surface area (Å²) < 4.78 is 0. The van der Waals surface area contributed by atoms with Crippen LogP contribution in [-0.4, -0.2) is 43.5 Å². The molecule has 2 atom stereocenters. The Kier molecular flexibility index (Phi) is 6.52. The Hall–Kier alpha value is -0.610. The number of hydrogen-bond acceptors (Lipinski definition) is 3. The van der Waals surface area contributed by atoms with Crippen molar-refractivity contribution in [2.75, 3.05) is 32.7 Å². The minimum Gasteiger partial charge on any atom is -0.369 e. The second kappa shape index (κ2) is 7.67. The average molecular weight is 241 g/mol. The van der Waals surface area contributed by atoms with E-state index in [-0.39, 0.29) is 11.8 Å². The molecule has 4 nitrogen and oxygen atoms in total. The lowest BCUT2D eigenvalue weighted by Crippen LogP contribution is -2.43. The van der Waals surface area contributed by atoms with E-state index in [2.05, 4.69) is 17.1 Å². The number of nitrogens with one attached hydrogen (secondary N) is 1. The summed E-state index contributed by atoms with van der Waals surface area (Å²) in [5.74, 6) is 0.518. The minimum atomic E-state index is -0.184. The van der Waals surface area contributed by atoms with Gasteiger partial charge >= 0.3 is 0 Å². The standard InChI is InChI=1S/C13H27N3O/c1-3-6-15-8-12-5-4-7-16(10-12)9-11(2)13(14)17/h11-12,15H,3-10H2,1-2H3,(H2,14,17). The number of hydrogen-bond donors (Lipinski definition) is 2. The van der Waals surface area contributed by atoms with Crippen LogP contribution in [0.4, 0.5) is 0 Å². The highest BCUT2D eigenvalue weighted by Gasteiger charge is 2.22. The van der Waals surface area contributed by atoms with Crippen molar-refractivity contribution in [3.63, 3.8) is 0 Å². The van der Waals surface area contributed by atoms with E-state index in [0.29, 0.717) is 0 Å². The number of likely N-dealkylation sites (tertiary alicyclic amines) is 1. The molecule has 1 heterocycles. The fraction of sp³-hybridized carbons (Fsp3) is 0.923. The average Bonchev–Trinajstić information content (AvgIpc) is 2.30.